The first kappa shape index (κ1) is 15.9. The molecule has 0 saturated heterocycles. The van der Waals surface area contributed by atoms with Crippen molar-refractivity contribution >= 4 is 22.9 Å². The van der Waals surface area contributed by atoms with Crippen molar-refractivity contribution in [3.05, 3.63) is 29.6 Å². The minimum Gasteiger partial charge on any atom is -0.395 e. The zero-order chi connectivity index (χ0) is 14.4. The Morgan fingerprint density at radius 2 is 2.05 bits per heavy atom. The second-order valence-corrected chi connectivity index (χ2v) is 4.85. The highest BCUT2D eigenvalue weighted by Gasteiger charge is 2.19. The molecule has 106 valence electrons. The molecule has 0 unspecified atom stereocenters. The van der Waals surface area contributed by atoms with E-state index in [0.717, 1.165) is 18.5 Å². The molecule has 0 aliphatic rings. The zero-order valence-corrected chi connectivity index (χ0v) is 12.2. The third kappa shape index (κ3) is 3.88. The van der Waals surface area contributed by atoms with Gasteiger partial charge in [0, 0.05) is 23.8 Å². The summed E-state index contributed by atoms with van der Waals surface area (Å²) >= 11 is 4.99. The maximum absolute atomic E-state index is 13.3. The van der Waals surface area contributed by atoms with Crippen LogP contribution in [0.5, 0.6) is 0 Å². The summed E-state index contributed by atoms with van der Waals surface area (Å²) in [5.74, 6) is -0.361. The molecule has 0 spiro atoms. The number of aliphatic hydroxyl groups is 1. The molecular formula is C14H21FN2OS. The third-order valence-electron chi connectivity index (χ3n) is 3.26. The summed E-state index contributed by atoms with van der Waals surface area (Å²) in [5, 5.41) is 9.24. The predicted octanol–water partition coefficient (Wildman–Crippen LogP) is 2.45. The standard InChI is InChI=1S/C14H21FN2OS/c1-3-11(4-2)17(7-8-18)13-6-5-10(15)9-12(13)14(16)19/h5-6,9,11,18H,3-4,7-8H2,1-2H3,(H2,16,19). The Morgan fingerprint density at radius 3 is 2.53 bits per heavy atom. The fourth-order valence-corrected chi connectivity index (χ4v) is 2.46. The summed E-state index contributed by atoms with van der Waals surface area (Å²) in [6.45, 7) is 4.68. The van der Waals surface area contributed by atoms with Gasteiger partial charge in [0.05, 0.1) is 6.61 Å². The molecule has 0 atom stereocenters. The van der Waals surface area contributed by atoms with Gasteiger partial charge >= 0.3 is 0 Å². The highest BCUT2D eigenvalue weighted by molar-refractivity contribution is 7.80. The summed E-state index contributed by atoms with van der Waals surface area (Å²) in [7, 11) is 0. The molecule has 3 nitrogen and oxygen atoms in total. The lowest BCUT2D eigenvalue weighted by atomic mass is 10.1. The largest absolute Gasteiger partial charge is 0.395 e. The molecule has 1 aromatic rings. The monoisotopic (exact) mass is 284 g/mol. The van der Waals surface area contributed by atoms with E-state index in [9.17, 15) is 9.50 Å². The van der Waals surface area contributed by atoms with Gasteiger partial charge in [0.15, 0.2) is 0 Å². The fraction of sp³-hybridized carbons (Fsp3) is 0.500. The van der Waals surface area contributed by atoms with Gasteiger partial charge in [-0.05, 0) is 31.0 Å². The van der Waals surface area contributed by atoms with Crippen LogP contribution in [0.3, 0.4) is 0 Å². The minimum absolute atomic E-state index is 0.0324. The van der Waals surface area contributed by atoms with Crippen LogP contribution in [0.4, 0.5) is 10.1 Å². The Morgan fingerprint density at radius 1 is 1.42 bits per heavy atom. The molecule has 0 saturated carbocycles. The number of nitrogens with zero attached hydrogens (tertiary/aromatic N) is 1. The first-order valence-corrected chi connectivity index (χ1v) is 6.92. The number of rotatable bonds is 7. The summed E-state index contributed by atoms with van der Waals surface area (Å²) in [5.41, 5.74) is 6.99. The molecule has 3 N–H and O–H groups in total. The van der Waals surface area contributed by atoms with Gasteiger partial charge in [-0.15, -0.1) is 0 Å². The molecule has 0 bridgehead atoms. The van der Waals surface area contributed by atoms with Gasteiger partial charge in [0.2, 0.25) is 0 Å². The van der Waals surface area contributed by atoms with Gasteiger partial charge in [0.1, 0.15) is 10.8 Å². The smallest absolute Gasteiger partial charge is 0.124 e. The summed E-state index contributed by atoms with van der Waals surface area (Å²) < 4.78 is 13.3. The minimum atomic E-state index is -0.361. The van der Waals surface area contributed by atoms with Crippen molar-refractivity contribution in [3.8, 4) is 0 Å². The van der Waals surface area contributed by atoms with Crippen LogP contribution in [0.25, 0.3) is 0 Å². The molecule has 0 heterocycles. The summed E-state index contributed by atoms with van der Waals surface area (Å²) in [6.07, 6.45) is 1.87. The number of halogens is 1. The third-order valence-corrected chi connectivity index (χ3v) is 3.48. The normalized spacial score (nSPS) is 10.8. The van der Waals surface area contributed by atoms with E-state index in [4.69, 9.17) is 18.0 Å². The van der Waals surface area contributed by atoms with Gasteiger partial charge in [-0.3, -0.25) is 0 Å². The maximum atomic E-state index is 13.3. The molecule has 0 fully saturated rings. The molecule has 5 heteroatoms. The van der Waals surface area contributed by atoms with Crippen LogP contribution in [0.15, 0.2) is 18.2 Å². The topological polar surface area (TPSA) is 49.5 Å². The van der Waals surface area contributed by atoms with E-state index >= 15 is 0 Å². The lowest BCUT2D eigenvalue weighted by Crippen LogP contribution is -2.38. The van der Waals surface area contributed by atoms with E-state index in [1.165, 1.54) is 12.1 Å². The second kappa shape index (κ2) is 7.40. The number of hydrogen-bond donors (Lipinski definition) is 2. The van der Waals surface area contributed by atoms with Crippen molar-refractivity contribution < 1.29 is 9.50 Å². The van der Waals surface area contributed by atoms with Crippen LogP contribution < -0.4 is 10.6 Å². The molecule has 0 aromatic heterocycles. The van der Waals surface area contributed by atoms with Crippen molar-refractivity contribution in [1.82, 2.24) is 0 Å². The number of hydrogen-bond acceptors (Lipinski definition) is 3. The molecule has 1 rings (SSSR count). The Hall–Kier alpha value is -1.20. The van der Waals surface area contributed by atoms with Gasteiger partial charge in [0.25, 0.3) is 0 Å². The van der Waals surface area contributed by atoms with E-state index < -0.39 is 0 Å². The lowest BCUT2D eigenvalue weighted by Gasteiger charge is -2.33. The van der Waals surface area contributed by atoms with Gasteiger partial charge in [-0.25, -0.2) is 4.39 Å². The van der Waals surface area contributed by atoms with Crippen LogP contribution in [0, 0.1) is 5.82 Å². The number of anilines is 1. The van der Waals surface area contributed by atoms with Crippen molar-refractivity contribution in [2.75, 3.05) is 18.1 Å². The second-order valence-electron chi connectivity index (χ2n) is 4.41. The van der Waals surface area contributed by atoms with Crippen molar-refractivity contribution in [1.29, 1.82) is 0 Å². The Bertz CT molecular complexity index is 435. The van der Waals surface area contributed by atoms with E-state index in [2.05, 4.69) is 13.8 Å². The highest BCUT2D eigenvalue weighted by atomic mass is 32.1. The Kier molecular flexibility index (Phi) is 6.18. The summed E-state index contributed by atoms with van der Waals surface area (Å²) in [4.78, 5) is 2.22. The first-order valence-electron chi connectivity index (χ1n) is 6.51. The van der Waals surface area contributed by atoms with Gasteiger partial charge in [-0.2, -0.15) is 0 Å². The quantitative estimate of drug-likeness (QED) is 0.755. The summed E-state index contributed by atoms with van der Waals surface area (Å²) in [6, 6.07) is 4.69. The van der Waals surface area contributed by atoms with Crippen LogP contribution in [0.1, 0.15) is 32.3 Å². The van der Waals surface area contributed by atoms with Crippen molar-refractivity contribution in [2.24, 2.45) is 5.73 Å². The average Bonchev–Trinajstić information content (AvgIpc) is 2.39. The van der Waals surface area contributed by atoms with Gasteiger partial charge in [-0.1, -0.05) is 26.1 Å². The molecule has 0 radical (unpaired) electrons. The van der Waals surface area contributed by atoms with E-state index in [1.807, 2.05) is 4.90 Å². The number of aliphatic hydroxyl groups excluding tert-OH is 1. The van der Waals surface area contributed by atoms with Crippen molar-refractivity contribution in [2.45, 2.75) is 32.7 Å². The molecule has 0 amide bonds. The average molecular weight is 284 g/mol. The van der Waals surface area contributed by atoms with Crippen LogP contribution >= 0.6 is 12.2 Å². The lowest BCUT2D eigenvalue weighted by molar-refractivity contribution is 0.296. The number of benzene rings is 1. The molecule has 1 aromatic carbocycles. The molecule has 19 heavy (non-hydrogen) atoms. The Labute approximate surface area is 119 Å². The SMILES string of the molecule is CCC(CC)N(CCO)c1ccc(F)cc1C(N)=S. The van der Waals surface area contributed by atoms with Crippen molar-refractivity contribution in [3.63, 3.8) is 0 Å². The fourth-order valence-electron chi connectivity index (χ4n) is 2.29. The number of thiocarbonyl (C=S) groups is 1. The first-order chi connectivity index (χ1) is 9.04. The maximum Gasteiger partial charge on any atom is 0.124 e. The van der Waals surface area contributed by atoms with Crippen LogP contribution in [0.2, 0.25) is 0 Å². The highest BCUT2D eigenvalue weighted by Crippen LogP contribution is 2.25. The molecule has 0 aliphatic heterocycles. The molecular weight excluding hydrogens is 263 g/mol. The van der Waals surface area contributed by atoms with E-state index in [-0.39, 0.29) is 23.5 Å². The Balaban J connectivity index is 3.25. The zero-order valence-electron chi connectivity index (χ0n) is 11.4. The van der Waals surface area contributed by atoms with E-state index in [0.29, 0.717) is 12.1 Å². The van der Waals surface area contributed by atoms with Crippen LogP contribution in [-0.2, 0) is 0 Å². The van der Waals surface area contributed by atoms with E-state index in [1.54, 1.807) is 6.07 Å². The van der Waals surface area contributed by atoms with Gasteiger partial charge < -0.3 is 15.7 Å². The number of nitrogens with two attached hydrogens (primary N) is 1. The predicted molar refractivity (Wildman–Crippen MR) is 81.1 cm³/mol. The van der Waals surface area contributed by atoms with Crippen LogP contribution in [-0.4, -0.2) is 29.3 Å². The molecule has 0 aliphatic carbocycles.